The smallest absolute Gasteiger partial charge is 0.227 e. The summed E-state index contributed by atoms with van der Waals surface area (Å²) in [5.41, 5.74) is 6.38. The van der Waals surface area contributed by atoms with Crippen molar-refractivity contribution in [1.29, 1.82) is 0 Å². The van der Waals surface area contributed by atoms with Gasteiger partial charge in [-0.25, -0.2) is 0 Å². The van der Waals surface area contributed by atoms with Crippen molar-refractivity contribution in [3.05, 3.63) is 34.3 Å². The molecule has 0 bridgehead atoms. The fraction of sp³-hybridized carbons (Fsp3) is 0.429. The zero-order chi connectivity index (χ0) is 15.7. The molecule has 0 aliphatic heterocycles. The third kappa shape index (κ3) is 6.59. The molecule has 0 aliphatic rings. The highest BCUT2D eigenvalue weighted by molar-refractivity contribution is 9.10. The summed E-state index contributed by atoms with van der Waals surface area (Å²) in [5.74, 6) is 0.0916. The SMILES string of the molecule is COCCN(CCC(N)=NO)C(=O)Cc1ccc(Br)cc1. The van der Waals surface area contributed by atoms with E-state index in [4.69, 9.17) is 15.7 Å². The van der Waals surface area contributed by atoms with Crippen molar-refractivity contribution in [3.63, 3.8) is 0 Å². The summed E-state index contributed by atoms with van der Waals surface area (Å²) >= 11 is 3.36. The van der Waals surface area contributed by atoms with Gasteiger partial charge in [-0.2, -0.15) is 0 Å². The Labute approximate surface area is 132 Å². The number of amidine groups is 1. The Morgan fingerprint density at radius 1 is 1.38 bits per heavy atom. The number of nitrogens with two attached hydrogens (primary N) is 1. The molecule has 0 unspecified atom stereocenters. The molecule has 21 heavy (non-hydrogen) atoms. The standard InChI is InChI=1S/C14H20BrN3O3/c1-21-9-8-18(7-6-13(16)17-20)14(19)10-11-2-4-12(15)5-3-11/h2-5,20H,6-10H2,1H3,(H2,16,17). The average Bonchev–Trinajstić information content (AvgIpc) is 2.49. The van der Waals surface area contributed by atoms with Crippen molar-refractivity contribution in [2.45, 2.75) is 12.8 Å². The van der Waals surface area contributed by atoms with Gasteiger partial charge in [0.15, 0.2) is 0 Å². The molecule has 0 fully saturated rings. The largest absolute Gasteiger partial charge is 0.409 e. The molecule has 1 aromatic carbocycles. The Morgan fingerprint density at radius 3 is 2.62 bits per heavy atom. The van der Waals surface area contributed by atoms with Gasteiger partial charge in [0, 0.05) is 31.1 Å². The number of amides is 1. The Morgan fingerprint density at radius 2 is 2.05 bits per heavy atom. The molecule has 0 radical (unpaired) electrons. The van der Waals surface area contributed by atoms with E-state index in [2.05, 4.69) is 21.1 Å². The molecule has 0 atom stereocenters. The van der Waals surface area contributed by atoms with Crippen LogP contribution in [0.25, 0.3) is 0 Å². The van der Waals surface area contributed by atoms with Crippen LogP contribution in [-0.2, 0) is 16.0 Å². The molecule has 0 saturated heterocycles. The Bertz CT molecular complexity index is 477. The Balaban J connectivity index is 2.63. The van der Waals surface area contributed by atoms with E-state index in [9.17, 15) is 4.79 Å². The maximum absolute atomic E-state index is 12.3. The molecule has 0 heterocycles. The molecule has 0 aliphatic carbocycles. The minimum Gasteiger partial charge on any atom is -0.409 e. The number of hydrogen-bond acceptors (Lipinski definition) is 4. The van der Waals surface area contributed by atoms with Gasteiger partial charge in [-0.3, -0.25) is 4.79 Å². The maximum atomic E-state index is 12.3. The third-order valence-electron chi connectivity index (χ3n) is 2.95. The summed E-state index contributed by atoms with van der Waals surface area (Å²) in [6.45, 7) is 1.32. The van der Waals surface area contributed by atoms with Crippen molar-refractivity contribution >= 4 is 27.7 Å². The van der Waals surface area contributed by atoms with E-state index in [1.165, 1.54) is 0 Å². The lowest BCUT2D eigenvalue weighted by molar-refractivity contribution is -0.131. The van der Waals surface area contributed by atoms with E-state index in [0.717, 1.165) is 10.0 Å². The summed E-state index contributed by atoms with van der Waals surface area (Å²) in [4.78, 5) is 14.0. The zero-order valence-electron chi connectivity index (χ0n) is 12.0. The molecule has 1 amide bonds. The minimum atomic E-state index is -0.0138. The van der Waals surface area contributed by atoms with Gasteiger partial charge < -0.3 is 20.6 Å². The van der Waals surface area contributed by atoms with Crippen molar-refractivity contribution in [1.82, 2.24) is 4.90 Å². The van der Waals surface area contributed by atoms with E-state index in [0.29, 0.717) is 32.5 Å². The molecular formula is C14H20BrN3O3. The number of benzene rings is 1. The summed E-state index contributed by atoms with van der Waals surface area (Å²) in [5, 5.41) is 11.5. The van der Waals surface area contributed by atoms with Crippen LogP contribution in [0.5, 0.6) is 0 Å². The molecule has 0 aromatic heterocycles. The molecule has 1 rings (SSSR count). The van der Waals surface area contributed by atoms with Gasteiger partial charge in [-0.1, -0.05) is 33.2 Å². The molecule has 3 N–H and O–H groups in total. The van der Waals surface area contributed by atoms with E-state index < -0.39 is 0 Å². The second-order valence-corrected chi connectivity index (χ2v) is 5.43. The maximum Gasteiger partial charge on any atom is 0.227 e. The molecule has 7 heteroatoms. The quantitative estimate of drug-likeness (QED) is 0.320. The number of halogens is 1. The predicted molar refractivity (Wildman–Crippen MR) is 84.3 cm³/mol. The fourth-order valence-electron chi connectivity index (χ4n) is 1.75. The number of nitrogens with zero attached hydrogens (tertiary/aromatic N) is 2. The molecule has 0 spiro atoms. The molecule has 116 valence electrons. The fourth-order valence-corrected chi connectivity index (χ4v) is 2.02. The van der Waals surface area contributed by atoms with Gasteiger partial charge in [0.1, 0.15) is 5.84 Å². The van der Waals surface area contributed by atoms with Crippen molar-refractivity contribution < 1.29 is 14.7 Å². The highest BCUT2D eigenvalue weighted by Crippen LogP contribution is 2.11. The van der Waals surface area contributed by atoms with E-state index in [-0.39, 0.29) is 11.7 Å². The number of methoxy groups -OCH3 is 1. The topological polar surface area (TPSA) is 88.2 Å². The summed E-state index contributed by atoms with van der Waals surface area (Å²) < 4.78 is 5.98. The van der Waals surface area contributed by atoms with E-state index >= 15 is 0 Å². The number of hydrogen-bond donors (Lipinski definition) is 2. The van der Waals surface area contributed by atoms with Crippen LogP contribution in [0.2, 0.25) is 0 Å². The second-order valence-electron chi connectivity index (χ2n) is 4.52. The van der Waals surface area contributed by atoms with Gasteiger partial charge in [-0.15, -0.1) is 0 Å². The normalized spacial score (nSPS) is 11.4. The van der Waals surface area contributed by atoms with Crippen LogP contribution in [0.4, 0.5) is 0 Å². The number of oxime groups is 1. The monoisotopic (exact) mass is 357 g/mol. The van der Waals surface area contributed by atoms with Crippen LogP contribution >= 0.6 is 15.9 Å². The second kappa shape index (κ2) is 9.36. The van der Waals surface area contributed by atoms with Gasteiger partial charge in [-0.05, 0) is 17.7 Å². The minimum absolute atomic E-state index is 0.0138. The summed E-state index contributed by atoms with van der Waals surface area (Å²) in [6, 6.07) is 7.61. The first kappa shape index (κ1) is 17.5. The highest BCUT2D eigenvalue weighted by atomic mass is 79.9. The van der Waals surface area contributed by atoms with Gasteiger partial charge >= 0.3 is 0 Å². The number of rotatable bonds is 8. The number of carbonyl (C=O) groups is 1. The van der Waals surface area contributed by atoms with Crippen LogP contribution in [0, 0.1) is 0 Å². The Kier molecular flexibility index (Phi) is 7.78. The van der Waals surface area contributed by atoms with E-state index in [1.54, 1.807) is 12.0 Å². The Hall–Kier alpha value is -1.60. The van der Waals surface area contributed by atoms with Gasteiger partial charge in [0.05, 0.1) is 13.0 Å². The average molecular weight is 358 g/mol. The van der Waals surface area contributed by atoms with Gasteiger partial charge in [0.2, 0.25) is 5.91 Å². The summed E-state index contributed by atoms with van der Waals surface area (Å²) in [7, 11) is 1.58. The van der Waals surface area contributed by atoms with Crippen LogP contribution in [-0.4, -0.2) is 48.7 Å². The molecule has 1 aromatic rings. The van der Waals surface area contributed by atoms with E-state index in [1.807, 2.05) is 24.3 Å². The number of ether oxygens (including phenoxy) is 1. The predicted octanol–water partition coefficient (Wildman–Crippen LogP) is 1.60. The lowest BCUT2D eigenvalue weighted by atomic mass is 10.1. The van der Waals surface area contributed by atoms with Crippen molar-refractivity contribution in [2.24, 2.45) is 10.9 Å². The first-order valence-electron chi connectivity index (χ1n) is 6.54. The van der Waals surface area contributed by atoms with Crippen LogP contribution in [0.1, 0.15) is 12.0 Å². The molecular weight excluding hydrogens is 338 g/mol. The lowest BCUT2D eigenvalue weighted by Gasteiger charge is -2.22. The van der Waals surface area contributed by atoms with Gasteiger partial charge in [0.25, 0.3) is 0 Å². The van der Waals surface area contributed by atoms with Crippen LogP contribution < -0.4 is 5.73 Å². The van der Waals surface area contributed by atoms with Crippen LogP contribution in [0.3, 0.4) is 0 Å². The summed E-state index contributed by atoms with van der Waals surface area (Å²) in [6.07, 6.45) is 0.638. The first-order valence-corrected chi connectivity index (χ1v) is 7.33. The zero-order valence-corrected chi connectivity index (χ0v) is 13.5. The van der Waals surface area contributed by atoms with Crippen molar-refractivity contribution in [3.8, 4) is 0 Å². The lowest BCUT2D eigenvalue weighted by Crippen LogP contribution is -2.37. The van der Waals surface area contributed by atoms with Crippen molar-refractivity contribution in [2.75, 3.05) is 26.8 Å². The molecule has 0 saturated carbocycles. The highest BCUT2D eigenvalue weighted by Gasteiger charge is 2.14. The first-order chi connectivity index (χ1) is 10.1. The number of carbonyl (C=O) groups excluding carboxylic acids is 1. The van der Waals surface area contributed by atoms with Crippen LogP contribution in [0.15, 0.2) is 33.9 Å². The third-order valence-corrected chi connectivity index (χ3v) is 3.48. The molecule has 6 nitrogen and oxygen atoms in total.